The molecule has 0 aliphatic rings. The summed E-state index contributed by atoms with van der Waals surface area (Å²) in [4.78, 5) is 15.9. The SMILES string of the molecule is CC(C)(C)c1ccc2c(c1)c1cc(C(C)(C)C)ccc1n2-c1ccc(-c2cccc(-n3c4ccc(C(C)(C)C)cc4c4cc(C(C)(C)C)ccc43)c2C#N)cc1-c1nc(-c2ccccc2)nc(-c2ccccc2)n1. The molecule has 0 fully saturated rings. The Morgan fingerprint density at radius 3 is 1.09 bits per heavy atom. The molecule has 0 amide bonds. The molecule has 0 radical (unpaired) electrons. The van der Waals surface area contributed by atoms with Gasteiger partial charge >= 0.3 is 0 Å². The van der Waals surface area contributed by atoms with Gasteiger partial charge in [0.05, 0.1) is 39.0 Å². The Kier molecular flexibility index (Phi) is 11.4. The molecule has 3 heterocycles. The molecule has 0 saturated heterocycles. The van der Waals surface area contributed by atoms with Gasteiger partial charge in [-0.15, -0.1) is 0 Å². The summed E-state index contributed by atoms with van der Waals surface area (Å²) in [6, 6.07) is 63.3. The minimum Gasteiger partial charge on any atom is -0.309 e. The average Bonchev–Trinajstić information content (AvgIpc) is 3.89. The molecule has 0 N–H and O–H groups in total. The van der Waals surface area contributed by atoms with E-state index in [1.165, 1.54) is 43.8 Å². The lowest BCUT2D eigenvalue weighted by Gasteiger charge is -2.20. The van der Waals surface area contributed by atoms with E-state index in [0.29, 0.717) is 23.0 Å². The molecule has 0 atom stereocenters. The van der Waals surface area contributed by atoms with E-state index in [-0.39, 0.29) is 21.7 Å². The standard InChI is InChI=1S/C68H64N6/c1-65(2,3)45-27-32-57-50(37-45)51-38-46(66(4,5)6)28-33-58(51)73(57)56-25-19-24-49(55(56)41-69)44-26-31-61(54(36-44)64-71-62(42-20-15-13-16-21-42)70-63(72-64)43-22-17-14-18-23-43)74-59-34-29-47(67(7,8)9)39-52(59)53-40-48(68(10,11)12)30-35-60(53)74/h13-40H,1-12H3. The van der Waals surface area contributed by atoms with Crippen LogP contribution in [0.25, 0.3) is 100 Å². The predicted octanol–water partition coefficient (Wildman–Crippen LogP) is 17.8. The normalized spacial score (nSPS) is 12.6. The molecule has 6 heteroatoms. The molecule has 0 bridgehead atoms. The van der Waals surface area contributed by atoms with Gasteiger partial charge in [-0.2, -0.15) is 5.26 Å². The van der Waals surface area contributed by atoms with Crippen molar-refractivity contribution in [2.45, 2.75) is 105 Å². The molecule has 0 aliphatic heterocycles. The summed E-state index contributed by atoms with van der Waals surface area (Å²) in [7, 11) is 0. The number of benzene rings is 8. The maximum absolute atomic E-state index is 11.5. The Labute approximate surface area is 436 Å². The lowest BCUT2D eigenvalue weighted by atomic mass is 9.85. The highest BCUT2D eigenvalue weighted by atomic mass is 15.1. The fraction of sp³-hybridized carbons (Fsp3) is 0.235. The van der Waals surface area contributed by atoms with Crippen molar-refractivity contribution in [2.75, 3.05) is 0 Å². The minimum absolute atomic E-state index is 0.0436. The second-order valence-corrected chi connectivity index (χ2v) is 24.2. The first-order valence-corrected chi connectivity index (χ1v) is 25.9. The summed E-state index contributed by atoms with van der Waals surface area (Å²) >= 11 is 0. The third-order valence-electron chi connectivity index (χ3n) is 14.9. The second kappa shape index (κ2) is 17.5. The van der Waals surface area contributed by atoms with Gasteiger partial charge in [0.15, 0.2) is 17.5 Å². The summed E-state index contributed by atoms with van der Waals surface area (Å²) in [6.45, 7) is 27.2. The first-order chi connectivity index (χ1) is 35.2. The number of hydrogen-bond donors (Lipinski definition) is 0. The van der Waals surface area contributed by atoms with Crippen LogP contribution in [0.5, 0.6) is 0 Å². The first kappa shape index (κ1) is 48.1. The van der Waals surface area contributed by atoms with Gasteiger partial charge in [0.2, 0.25) is 0 Å². The molecule has 11 rings (SSSR count). The van der Waals surface area contributed by atoms with Crippen LogP contribution < -0.4 is 0 Å². The Morgan fingerprint density at radius 1 is 0.338 bits per heavy atom. The Bertz CT molecular complexity index is 3840. The van der Waals surface area contributed by atoms with E-state index in [1.54, 1.807) is 0 Å². The van der Waals surface area contributed by atoms with Gasteiger partial charge in [-0.3, -0.25) is 0 Å². The second-order valence-electron chi connectivity index (χ2n) is 24.2. The smallest absolute Gasteiger partial charge is 0.166 e. The number of nitrogens with zero attached hydrogens (tertiary/aromatic N) is 6. The van der Waals surface area contributed by atoms with Gasteiger partial charge < -0.3 is 9.13 Å². The van der Waals surface area contributed by atoms with Gasteiger partial charge in [-0.1, -0.05) is 186 Å². The number of nitriles is 1. The molecule has 74 heavy (non-hydrogen) atoms. The Hall–Kier alpha value is -8.14. The van der Waals surface area contributed by atoms with Crippen molar-refractivity contribution in [2.24, 2.45) is 0 Å². The van der Waals surface area contributed by atoms with Gasteiger partial charge in [0.1, 0.15) is 6.07 Å². The Balaban J connectivity index is 1.21. The predicted molar refractivity (Wildman–Crippen MR) is 310 cm³/mol. The van der Waals surface area contributed by atoms with Crippen molar-refractivity contribution >= 4 is 43.6 Å². The van der Waals surface area contributed by atoms with Crippen LogP contribution in [-0.2, 0) is 21.7 Å². The van der Waals surface area contributed by atoms with Crippen LogP contribution in [-0.4, -0.2) is 24.1 Å². The molecule has 366 valence electrons. The van der Waals surface area contributed by atoms with Crippen molar-refractivity contribution < 1.29 is 0 Å². The van der Waals surface area contributed by atoms with Crippen LogP contribution in [0.1, 0.15) is 111 Å². The summed E-state index contributed by atoms with van der Waals surface area (Å²) in [5.74, 6) is 1.68. The van der Waals surface area contributed by atoms with Gasteiger partial charge in [0, 0.05) is 43.8 Å². The van der Waals surface area contributed by atoms with Gasteiger partial charge in [-0.25, -0.2) is 15.0 Å². The summed E-state index contributed by atoms with van der Waals surface area (Å²) in [6.07, 6.45) is 0. The van der Waals surface area contributed by atoms with Crippen molar-refractivity contribution in [3.63, 3.8) is 0 Å². The van der Waals surface area contributed by atoms with Gasteiger partial charge in [0.25, 0.3) is 0 Å². The van der Waals surface area contributed by atoms with Crippen LogP contribution in [0.15, 0.2) is 170 Å². The summed E-state index contributed by atoms with van der Waals surface area (Å²) in [5.41, 5.74) is 15.8. The molecule has 8 aromatic carbocycles. The summed E-state index contributed by atoms with van der Waals surface area (Å²) in [5, 5.41) is 16.2. The highest BCUT2D eigenvalue weighted by Crippen LogP contribution is 2.44. The third kappa shape index (κ3) is 8.44. The highest BCUT2D eigenvalue weighted by molar-refractivity contribution is 6.11. The molecular formula is C68H64N6. The van der Waals surface area contributed by atoms with E-state index < -0.39 is 0 Å². The highest BCUT2D eigenvalue weighted by Gasteiger charge is 2.27. The molecule has 0 unspecified atom stereocenters. The van der Waals surface area contributed by atoms with E-state index in [1.807, 2.05) is 60.7 Å². The van der Waals surface area contributed by atoms with E-state index in [4.69, 9.17) is 15.0 Å². The van der Waals surface area contributed by atoms with Crippen LogP contribution in [0.2, 0.25) is 0 Å². The van der Waals surface area contributed by atoms with Gasteiger partial charge in [-0.05, 0) is 116 Å². The lowest BCUT2D eigenvalue weighted by molar-refractivity contribution is 0.590. The lowest BCUT2D eigenvalue weighted by Crippen LogP contribution is -2.10. The minimum atomic E-state index is -0.0550. The molecule has 0 spiro atoms. The first-order valence-electron chi connectivity index (χ1n) is 25.9. The van der Waals surface area contributed by atoms with Crippen LogP contribution in [0.4, 0.5) is 0 Å². The quantitative estimate of drug-likeness (QED) is 0.166. The van der Waals surface area contributed by atoms with E-state index in [9.17, 15) is 5.26 Å². The van der Waals surface area contributed by atoms with E-state index in [0.717, 1.165) is 61.3 Å². The van der Waals surface area contributed by atoms with E-state index in [2.05, 4.69) is 207 Å². The van der Waals surface area contributed by atoms with Crippen LogP contribution >= 0.6 is 0 Å². The maximum atomic E-state index is 11.5. The van der Waals surface area contributed by atoms with E-state index >= 15 is 0 Å². The number of hydrogen-bond acceptors (Lipinski definition) is 4. The monoisotopic (exact) mass is 965 g/mol. The zero-order chi connectivity index (χ0) is 52.1. The molecule has 0 aliphatic carbocycles. The van der Waals surface area contributed by atoms with Crippen LogP contribution in [0, 0.1) is 11.3 Å². The molecule has 3 aromatic heterocycles. The topological polar surface area (TPSA) is 72.3 Å². The Morgan fingerprint density at radius 2 is 0.716 bits per heavy atom. The molecule has 11 aromatic rings. The van der Waals surface area contributed by atoms with Crippen molar-refractivity contribution in [1.29, 1.82) is 5.26 Å². The number of fused-ring (bicyclic) bond motifs is 6. The summed E-state index contributed by atoms with van der Waals surface area (Å²) < 4.78 is 4.68. The third-order valence-corrected chi connectivity index (χ3v) is 14.9. The number of aromatic nitrogens is 5. The van der Waals surface area contributed by atoms with Crippen LogP contribution in [0.3, 0.4) is 0 Å². The fourth-order valence-electron chi connectivity index (χ4n) is 10.5. The van der Waals surface area contributed by atoms with Crippen molar-refractivity contribution in [3.05, 3.63) is 198 Å². The zero-order valence-corrected chi connectivity index (χ0v) is 44.8. The number of rotatable bonds is 6. The van der Waals surface area contributed by atoms with Crippen molar-refractivity contribution in [1.82, 2.24) is 24.1 Å². The average molecular weight is 965 g/mol. The molecule has 6 nitrogen and oxygen atoms in total. The maximum Gasteiger partial charge on any atom is 0.166 e. The largest absolute Gasteiger partial charge is 0.309 e. The zero-order valence-electron chi connectivity index (χ0n) is 44.8. The fourth-order valence-corrected chi connectivity index (χ4v) is 10.5. The molecular weight excluding hydrogens is 901 g/mol. The molecule has 0 saturated carbocycles. The van der Waals surface area contributed by atoms with Crippen molar-refractivity contribution in [3.8, 4) is 62.7 Å².